The van der Waals surface area contributed by atoms with Crippen molar-refractivity contribution in [2.24, 2.45) is 0 Å². The third-order valence-corrected chi connectivity index (χ3v) is 3.99. The van der Waals surface area contributed by atoms with Gasteiger partial charge in [0.1, 0.15) is 6.61 Å². The molecule has 0 heterocycles. The Bertz CT molecular complexity index is 773. The van der Waals surface area contributed by atoms with Crippen molar-refractivity contribution in [3.05, 3.63) is 108 Å². The highest BCUT2D eigenvalue weighted by molar-refractivity contribution is 5.68. The summed E-state index contributed by atoms with van der Waals surface area (Å²) in [6.45, 7) is 0.263. The van der Waals surface area contributed by atoms with Crippen LogP contribution in [0.1, 0.15) is 22.7 Å². The topological polar surface area (TPSA) is 38.3 Å². The average Bonchev–Trinajstić information content (AvgIpc) is 2.68. The number of alkyl carbamates (subject to hydrolysis) is 1. The Hall–Kier alpha value is -3.07. The maximum Gasteiger partial charge on any atom is 0.407 e. The van der Waals surface area contributed by atoms with E-state index in [9.17, 15) is 4.79 Å². The number of rotatable bonds is 6. The molecule has 0 saturated carbocycles. The Morgan fingerprint density at radius 3 is 1.88 bits per heavy atom. The Labute approximate surface area is 148 Å². The summed E-state index contributed by atoms with van der Waals surface area (Å²) in [5.41, 5.74) is 3.19. The van der Waals surface area contributed by atoms with Crippen LogP contribution in [0.15, 0.2) is 91.0 Å². The third kappa shape index (κ3) is 5.21. The molecule has 25 heavy (non-hydrogen) atoms. The van der Waals surface area contributed by atoms with E-state index in [2.05, 4.69) is 17.4 Å². The molecular weight excluding hydrogens is 310 g/mol. The van der Waals surface area contributed by atoms with E-state index in [-0.39, 0.29) is 12.6 Å². The van der Waals surface area contributed by atoms with E-state index in [1.165, 1.54) is 5.56 Å². The van der Waals surface area contributed by atoms with Crippen LogP contribution in [-0.2, 0) is 17.8 Å². The van der Waals surface area contributed by atoms with Gasteiger partial charge < -0.3 is 10.1 Å². The summed E-state index contributed by atoms with van der Waals surface area (Å²) in [6, 6.07) is 29.6. The van der Waals surface area contributed by atoms with Gasteiger partial charge in [0.05, 0.1) is 6.04 Å². The van der Waals surface area contributed by atoms with Gasteiger partial charge in [0, 0.05) is 0 Å². The van der Waals surface area contributed by atoms with Gasteiger partial charge in [-0.2, -0.15) is 0 Å². The van der Waals surface area contributed by atoms with Crippen molar-refractivity contribution < 1.29 is 9.53 Å². The predicted molar refractivity (Wildman–Crippen MR) is 99.1 cm³/mol. The molecule has 0 fully saturated rings. The van der Waals surface area contributed by atoms with Gasteiger partial charge in [-0.3, -0.25) is 0 Å². The Morgan fingerprint density at radius 1 is 0.760 bits per heavy atom. The molecule has 3 rings (SSSR count). The van der Waals surface area contributed by atoms with Crippen LogP contribution in [0.25, 0.3) is 0 Å². The summed E-state index contributed by atoms with van der Waals surface area (Å²) in [5, 5.41) is 2.99. The average molecular weight is 331 g/mol. The number of nitrogens with one attached hydrogen (secondary N) is 1. The van der Waals surface area contributed by atoms with Crippen LogP contribution in [-0.4, -0.2) is 6.09 Å². The number of ether oxygens (including phenoxy) is 1. The lowest BCUT2D eigenvalue weighted by Crippen LogP contribution is -2.30. The van der Waals surface area contributed by atoms with Crippen molar-refractivity contribution in [2.75, 3.05) is 0 Å². The molecule has 0 radical (unpaired) electrons. The normalized spacial score (nSPS) is 11.5. The minimum Gasteiger partial charge on any atom is -0.445 e. The maximum atomic E-state index is 12.3. The lowest BCUT2D eigenvalue weighted by Gasteiger charge is -2.19. The predicted octanol–water partition coefficient (Wildman–Crippen LogP) is 4.90. The van der Waals surface area contributed by atoms with Gasteiger partial charge in [-0.05, 0) is 23.1 Å². The molecular formula is C22H21NO2. The zero-order valence-electron chi connectivity index (χ0n) is 14.0. The SMILES string of the molecule is O=C(NC(Cc1ccccc1)c1ccccc1)OCc1ccccc1. The van der Waals surface area contributed by atoms with E-state index in [4.69, 9.17) is 4.74 Å². The second kappa shape index (κ2) is 8.69. The molecule has 0 aliphatic heterocycles. The third-order valence-electron chi connectivity index (χ3n) is 3.99. The van der Waals surface area contributed by atoms with Crippen molar-refractivity contribution in [1.82, 2.24) is 5.32 Å². The van der Waals surface area contributed by atoms with Crippen molar-refractivity contribution in [3.8, 4) is 0 Å². The van der Waals surface area contributed by atoms with Crippen molar-refractivity contribution in [2.45, 2.75) is 19.1 Å². The Kier molecular flexibility index (Phi) is 5.83. The van der Waals surface area contributed by atoms with Crippen LogP contribution in [0.2, 0.25) is 0 Å². The van der Waals surface area contributed by atoms with Crippen LogP contribution >= 0.6 is 0 Å². The van der Waals surface area contributed by atoms with E-state index in [0.717, 1.165) is 11.1 Å². The second-order valence-corrected chi connectivity index (χ2v) is 5.86. The highest BCUT2D eigenvalue weighted by atomic mass is 16.5. The minimum absolute atomic E-state index is 0.133. The molecule has 0 aliphatic carbocycles. The van der Waals surface area contributed by atoms with Crippen molar-refractivity contribution in [1.29, 1.82) is 0 Å². The second-order valence-electron chi connectivity index (χ2n) is 5.86. The highest BCUT2D eigenvalue weighted by Crippen LogP contribution is 2.18. The number of hydrogen-bond donors (Lipinski definition) is 1. The molecule has 0 aliphatic rings. The number of hydrogen-bond acceptors (Lipinski definition) is 2. The molecule has 1 N–H and O–H groups in total. The standard InChI is InChI=1S/C22H21NO2/c24-22(25-17-19-12-6-2-7-13-19)23-21(20-14-8-3-9-15-20)16-18-10-4-1-5-11-18/h1-15,21H,16-17H2,(H,23,24). The molecule has 3 aromatic carbocycles. The lowest BCUT2D eigenvalue weighted by molar-refractivity contribution is 0.135. The van der Waals surface area contributed by atoms with Gasteiger partial charge in [0.2, 0.25) is 0 Å². The zero-order chi connectivity index (χ0) is 17.3. The van der Waals surface area contributed by atoms with Gasteiger partial charge >= 0.3 is 6.09 Å². The van der Waals surface area contributed by atoms with Crippen LogP contribution in [0, 0.1) is 0 Å². The number of carbonyl (C=O) groups excluding carboxylic acids is 1. The van der Waals surface area contributed by atoms with Crippen LogP contribution in [0.5, 0.6) is 0 Å². The first-order valence-corrected chi connectivity index (χ1v) is 8.37. The van der Waals surface area contributed by atoms with E-state index in [1.54, 1.807) is 0 Å². The first kappa shape index (κ1) is 16.8. The number of carbonyl (C=O) groups is 1. The summed E-state index contributed by atoms with van der Waals surface area (Å²) < 4.78 is 5.37. The van der Waals surface area contributed by atoms with E-state index >= 15 is 0 Å². The first-order valence-electron chi connectivity index (χ1n) is 8.37. The highest BCUT2D eigenvalue weighted by Gasteiger charge is 2.16. The van der Waals surface area contributed by atoms with Gasteiger partial charge in [-0.25, -0.2) is 4.79 Å². The number of benzene rings is 3. The van der Waals surface area contributed by atoms with E-state index < -0.39 is 6.09 Å². The van der Waals surface area contributed by atoms with Gasteiger partial charge in [0.25, 0.3) is 0 Å². The molecule has 3 aromatic rings. The largest absolute Gasteiger partial charge is 0.445 e. The summed E-state index contributed by atoms with van der Waals surface area (Å²) in [7, 11) is 0. The van der Waals surface area contributed by atoms with Crippen LogP contribution < -0.4 is 5.32 Å². The zero-order valence-corrected chi connectivity index (χ0v) is 14.0. The fourth-order valence-corrected chi connectivity index (χ4v) is 2.69. The van der Waals surface area contributed by atoms with Gasteiger partial charge in [-0.15, -0.1) is 0 Å². The molecule has 126 valence electrons. The Morgan fingerprint density at radius 2 is 1.28 bits per heavy atom. The molecule has 1 atom stereocenters. The van der Waals surface area contributed by atoms with E-state index in [1.807, 2.05) is 78.9 Å². The smallest absolute Gasteiger partial charge is 0.407 e. The fourth-order valence-electron chi connectivity index (χ4n) is 2.69. The van der Waals surface area contributed by atoms with E-state index in [0.29, 0.717) is 6.42 Å². The summed E-state index contributed by atoms with van der Waals surface area (Å²) in [6.07, 6.45) is 0.305. The first-order chi connectivity index (χ1) is 12.3. The molecule has 0 spiro atoms. The van der Waals surface area contributed by atoms with Crippen LogP contribution in [0.4, 0.5) is 4.79 Å². The lowest BCUT2D eigenvalue weighted by atomic mass is 9.99. The summed E-state index contributed by atoms with van der Waals surface area (Å²) >= 11 is 0. The fraction of sp³-hybridized carbons (Fsp3) is 0.136. The molecule has 1 unspecified atom stereocenters. The number of amides is 1. The quantitative estimate of drug-likeness (QED) is 0.698. The molecule has 0 saturated heterocycles. The van der Waals surface area contributed by atoms with Crippen LogP contribution in [0.3, 0.4) is 0 Å². The van der Waals surface area contributed by atoms with Gasteiger partial charge in [0.15, 0.2) is 0 Å². The summed E-state index contributed by atoms with van der Waals surface area (Å²) in [5.74, 6) is 0. The minimum atomic E-state index is -0.409. The molecule has 0 bridgehead atoms. The van der Waals surface area contributed by atoms with Crippen molar-refractivity contribution >= 4 is 6.09 Å². The molecule has 1 amide bonds. The summed E-state index contributed by atoms with van der Waals surface area (Å²) in [4.78, 5) is 12.3. The molecule has 0 aromatic heterocycles. The maximum absolute atomic E-state index is 12.3. The van der Waals surface area contributed by atoms with Gasteiger partial charge in [-0.1, -0.05) is 91.0 Å². The Balaban J connectivity index is 1.66. The molecule has 3 heteroatoms. The molecule has 3 nitrogen and oxygen atoms in total. The van der Waals surface area contributed by atoms with Crippen molar-refractivity contribution in [3.63, 3.8) is 0 Å². The monoisotopic (exact) mass is 331 g/mol.